The van der Waals surface area contributed by atoms with Crippen LogP contribution in [0, 0.1) is 29.6 Å². The van der Waals surface area contributed by atoms with E-state index in [1.807, 2.05) is 20.8 Å². The summed E-state index contributed by atoms with van der Waals surface area (Å²) < 4.78 is 24.1. The number of hydrogen-bond donors (Lipinski definition) is 2. The van der Waals surface area contributed by atoms with Gasteiger partial charge in [0.25, 0.3) is 0 Å². The van der Waals surface area contributed by atoms with Crippen molar-refractivity contribution in [1.82, 2.24) is 0 Å². The van der Waals surface area contributed by atoms with E-state index in [-0.39, 0.29) is 37.1 Å². The van der Waals surface area contributed by atoms with E-state index in [0.717, 1.165) is 0 Å². The maximum Gasteiger partial charge on any atom is 0.316 e. The van der Waals surface area contributed by atoms with Crippen molar-refractivity contribution in [2.45, 2.75) is 98.1 Å². The minimum atomic E-state index is -1.83. The van der Waals surface area contributed by atoms with E-state index < -0.39 is 53.8 Å². The van der Waals surface area contributed by atoms with Crippen LogP contribution >= 0.6 is 0 Å². The van der Waals surface area contributed by atoms with Gasteiger partial charge in [0.2, 0.25) is 0 Å². The summed E-state index contributed by atoms with van der Waals surface area (Å²) in [6, 6.07) is 0. The second-order valence-electron chi connectivity index (χ2n) is 10.5. The van der Waals surface area contributed by atoms with Gasteiger partial charge in [-0.05, 0) is 39.5 Å². The molecule has 0 spiro atoms. The minimum absolute atomic E-state index is 0.0719. The highest BCUT2D eigenvalue weighted by atomic mass is 19.1. The number of ether oxygens (including phenoxy) is 2. The summed E-state index contributed by atoms with van der Waals surface area (Å²) in [5, 5.41) is 26.8. The number of carbonyl (C=O) groups excluding carboxylic acids is 2. The summed E-state index contributed by atoms with van der Waals surface area (Å²) in [7, 11) is 1.57. The van der Waals surface area contributed by atoms with Crippen molar-refractivity contribution < 1.29 is 38.5 Å². The first-order chi connectivity index (χ1) is 16.2. The van der Waals surface area contributed by atoms with E-state index in [0.29, 0.717) is 12.1 Å². The van der Waals surface area contributed by atoms with Crippen LogP contribution in [0.15, 0.2) is 5.16 Å². The van der Waals surface area contributed by atoms with Gasteiger partial charge < -0.3 is 24.5 Å². The van der Waals surface area contributed by atoms with Gasteiger partial charge in [-0.2, -0.15) is 0 Å². The topological polar surface area (TPSA) is 115 Å². The molecule has 1 fully saturated rings. The summed E-state index contributed by atoms with van der Waals surface area (Å²) in [4.78, 5) is 31.5. The van der Waals surface area contributed by atoms with Crippen LogP contribution in [-0.4, -0.2) is 71.5 Å². The number of rotatable bonds is 6. The molecule has 0 aromatic carbocycles. The van der Waals surface area contributed by atoms with Crippen molar-refractivity contribution in [1.29, 1.82) is 0 Å². The number of ketones is 1. The number of cyclic esters (lactones) is 1. The normalized spacial score (nSPS) is 41.4. The van der Waals surface area contributed by atoms with Crippen LogP contribution in [-0.2, 0) is 23.9 Å². The summed E-state index contributed by atoms with van der Waals surface area (Å²) >= 11 is 0. The number of Topliss-reactive ketones (excluding diaryl/α,β-unsaturated/α-hetero) is 1. The standard InChI is InChI=1S/C26H46FNO7/c1-10-20-26(8,32)23(30)17(4)21(28-34-13-11-12-27)15(2)14-25(7,33-9)19(6)16(3)22(29)18(5)24(31)35-20/h15-20,23,30,32H,10-14H2,1-9H3/b28-21+/t15-,16-,17+,18-,19-,20-,23+,25-,26-/m1/s1. The molecule has 2 N–H and O–H groups in total. The van der Waals surface area contributed by atoms with E-state index in [2.05, 4.69) is 5.16 Å². The van der Waals surface area contributed by atoms with E-state index in [1.54, 1.807) is 27.9 Å². The maximum absolute atomic E-state index is 13.2. The zero-order valence-electron chi connectivity index (χ0n) is 22.8. The molecule has 9 heteroatoms. The van der Waals surface area contributed by atoms with Gasteiger partial charge in [-0.15, -0.1) is 0 Å². The molecule has 0 amide bonds. The number of carbonyl (C=O) groups is 2. The van der Waals surface area contributed by atoms with Gasteiger partial charge in [0.15, 0.2) is 0 Å². The van der Waals surface area contributed by atoms with Gasteiger partial charge in [0.1, 0.15) is 30.0 Å². The molecule has 1 rings (SSSR count). The molecule has 35 heavy (non-hydrogen) atoms. The molecule has 1 aliphatic rings. The summed E-state index contributed by atoms with van der Waals surface area (Å²) in [5.41, 5.74) is -2.14. The summed E-state index contributed by atoms with van der Waals surface area (Å²) in [5.74, 6) is -3.79. The Balaban J connectivity index is 3.61. The molecule has 1 aliphatic heterocycles. The molecule has 9 atom stereocenters. The Morgan fingerprint density at radius 3 is 2.26 bits per heavy atom. The number of aliphatic hydroxyl groups excluding tert-OH is 1. The Morgan fingerprint density at radius 2 is 1.74 bits per heavy atom. The molecule has 204 valence electrons. The second kappa shape index (κ2) is 13.1. The first-order valence-electron chi connectivity index (χ1n) is 12.6. The molecule has 0 aliphatic carbocycles. The highest BCUT2D eigenvalue weighted by Crippen LogP contribution is 2.38. The van der Waals surface area contributed by atoms with Crippen molar-refractivity contribution in [2.75, 3.05) is 20.4 Å². The Morgan fingerprint density at radius 1 is 1.14 bits per heavy atom. The summed E-state index contributed by atoms with van der Waals surface area (Å²) in [6.45, 7) is 13.4. The van der Waals surface area contributed by atoms with E-state index in [9.17, 15) is 24.2 Å². The number of oxime groups is 1. The second-order valence-corrected chi connectivity index (χ2v) is 10.5. The predicted octanol–water partition coefficient (Wildman–Crippen LogP) is 3.71. The fraction of sp³-hybridized carbons (Fsp3) is 0.885. The molecule has 8 nitrogen and oxygen atoms in total. The van der Waals surface area contributed by atoms with Crippen molar-refractivity contribution in [3.63, 3.8) is 0 Å². The van der Waals surface area contributed by atoms with E-state index in [1.165, 1.54) is 13.8 Å². The number of halogens is 1. The molecule has 1 heterocycles. The Labute approximate surface area is 209 Å². The molecular weight excluding hydrogens is 457 g/mol. The molecule has 0 bridgehead atoms. The van der Waals surface area contributed by atoms with Crippen LogP contribution in [0.2, 0.25) is 0 Å². The highest BCUT2D eigenvalue weighted by molar-refractivity contribution is 5.99. The molecule has 1 saturated heterocycles. The fourth-order valence-corrected chi connectivity index (χ4v) is 5.03. The molecular formula is C26H46FNO7. The number of alkyl halides is 1. The SMILES string of the molecule is CC[C@H]1OC(=O)[C@H](C)C(=O)[C@H](C)[C@@H](C)[C@](C)(OC)C[C@@H](C)/C(=N\OCCCF)[C@H](C)[C@H](O)[C@]1(C)O. The monoisotopic (exact) mass is 503 g/mol. The third kappa shape index (κ3) is 7.23. The zero-order valence-corrected chi connectivity index (χ0v) is 22.8. The number of methoxy groups -OCH3 is 1. The summed E-state index contributed by atoms with van der Waals surface area (Å²) in [6.07, 6.45) is -1.58. The van der Waals surface area contributed by atoms with Crippen LogP contribution in [0.1, 0.15) is 74.7 Å². The average Bonchev–Trinajstić information content (AvgIpc) is 2.83. The number of esters is 1. The molecule has 0 aromatic rings. The number of hydrogen-bond acceptors (Lipinski definition) is 8. The van der Waals surface area contributed by atoms with Gasteiger partial charge in [-0.25, -0.2) is 0 Å². The Hall–Kier alpha value is -1.58. The third-order valence-electron chi connectivity index (χ3n) is 7.98. The predicted molar refractivity (Wildman–Crippen MR) is 132 cm³/mol. The quantitative estimate of drug-likeness (QED) is 0.246. The number of aliphatic hydroxyl groups is 2. The lowest BCUT2D eigenvalue weighted by Crippen LogP contribution is -2.56. The van der Waals surface area contributed by atoms with Crippen molar-refractivity contribution in [3.05, 3.63) is 0 Å². The van der Waals surface area contributed by atoms with Crippen molar-refractivity contribution in [3.8, 4) is 0 Å². The molecule has 0 aromatic heterocycles. The Kier molecular flexibility index (Phi) is 11.8. The van der Waals surface area contributed by atoms with Crippen molar-refractivity contribution >= 4 is 17.5 Å². The zero-order chi connectivity index (χ0) is 27.1. The van der Waals surface area contributed by atoms with Crippen LogP contribution in [0.3, 0.4) is 0 Å². The third-order valence-corrected chi connectivity index (χ3v) is 7.98. The van der Waals surface area contributed by atoms with E-state index in [4.69, 9.17) is 14.3 Å². The minimum Gasteiger partial charge on any atom is -0.459 e. The molecule has 0 saturated carbocycles. The van der Waals surface area contributed by atoms with E-state index >= 15 is 0 Å². The van der Waals surface area contributed by atoms with Gasteiger partial charge >= 0.3 is 5.97 Å². The lowest BCUT2D eigenvalue weighted by molar-refractivity contribution is -0.187. The van der Waals surface area contributed by atoms with Gasteiger partial charge in [-0.1, -0.05) is 39.8 Å². The van der Waals surface area contributed by atoms with Crippen LogP contribution in [0.5, 0.6) is 0 Å². The van der Waals surface area contributed by atoms with Gasteiger partial charge in [-0.3, -0.25) is 14.0 Å². The fourth-order valence-electron chi connectivity index (χ4n) is 5.03. The first-order valence-corrected chi connectivity index (χ1v) is 12.6. The van der Waals surface area contributed by atoms with Gasteiger partial charge in [0.05, 0.1) is 24.1 Å². The smallest absolute Gasteiger partial charge is 0.316 e. The van der Waals surface area contributed by atoms with Gasteiger partial charge in [0, 0.05) is 31.3 Å². The average molecular weight is 504 g/mol. The number of nitrogens with zero attached hydrogens (tertiary/aromatic N) is 1. The Bertz CT molecular complexity index is 743. The maximum atomic E-state index is 13.2. The van der Waals surface area contributed by atoms with Crippen LogP contribution in [0.4, 0.5) is 4.39 Å². The lowest BCUT2D eigenvalue weighted by atomic mass is 9.71. The largest absolute Gasteiger partial charge is 0.459 e. The molecule has 0 unspecified atom stereocenters. The van der Waals surface area contributed by atoms with Crippen LogP contribution < -0.4 is 0 Å². The highest BCUT2D eigenvalue weighted by Gasteiger charge is 2.48. The first kappa shape index (κ1) is 31.4. The lowest BCUT2D eigenvalue weighted by Gasteiger charge is -2.43. The van der Waals surface area contributed by atoms with Crippen LogP contribution in [0.25, 0.3) is 0 Å². The molecule has 0 radical (unpaired) electrons. The van der Waals surface area contributed by atoms with Crippen molar-refractivity contribution in [2.24, 2.45) is 34.7 Å².